The second kappa shape index (κ2) is 8.14. The van der Waals surface area contributed by atoms with Gasteiger partial charge in [0, 0.05) is 37.1 Å². The number of halogens is 1. The van der Waals surface area contributed by atoms with Crippen LogP contribution in [0, 0.1) is 5.41 Å². The summed E-state index contributed by atoms with van der Waals surface area (Å²) < 4.78 is 24.5. The number of rotatable bonds is 6. The van der Waals surface area contributed by atoms with Gasteiger partial charge in [-0.1, -0.05) is 13.8 Å². The van der Waals surface area contributed by atoms with Crippen LogP contribution >= 0.6 is 24.0 Å². The average Bonchev–Trinajstić information content (AvgIpc) is 2.33. The molecule has 6 nitrogen and oxygen atoms in total. The second-order valence-electron chi connectivity index (χ2n) is 6.78. The molecule has 0 aromatic rings. The van der Waals surface area contributed by atoms with Gasteiger partial charge in [0.05, 0.1) is 6.26 Å². The molecule has 132 valence electrons. The standard InChI is InChI=1S/C14H30N4O2S.HI/c1-7-15-12(16-9-8-10-17-21(6,19)20)18-11-13(2,3)14(18,4)5;/h17H,7-11H2,1-6H3,(H,15,16);1H. The van der Waals surface area contributed by atoms with Gasteiger partial charge in [0.15, 0.2) is 5.96 Å². The van der Waals surface area contributed by atoms with Gasteiger partial charge in [-0.2, -0.15) is 0 Å². The summed E-state index contributed by atoms with van der Waals surface area (Å²) in [7, 11) is -3.10. The Morgan fingerprint density at radius 1 is 1.27 bits per heavy atom. The van der Waals surface area contributed by atoms with E-state index >= 15 is 0 Å². The number of likely N-dealkylation sites (tertiary alicyclic amines) is 1. The van der Waals surface area contributed by atoms with Crippen LogP contribution in [-0.2, 0) is 10.0 Å². The molecule has 1 heterocycles. The lowest BCUT2D eigenvalue weighted by atomic mass is 9.65. The highest BCUT2D eigenvalue weighted by molar-refractivity contribution is 14.0. The Labute approximate surface area is 152 Å². The van der Waals surface area contributed by atoms with Gasteiger partial charge >= 0.3 is 0 Å². The van der Waals surface area contributed by atoms with Gasteiger partial charge in [-0.3, -0.25) is 4.99 Å². The molecule has 1 aliphatic rings. The molecule has 8 heteroatoms. The molecule has 0 amide bonds. The maximum Gasteiger partial charge on any atom is 0.208 e. The van der Waals surface area contributed by atoms with Crippen molar-refractivity contribution in [2.24, 2.45) is 10.4 Å². The molecule has 0 aromatic carbocycles. The fraction of sp³-hybridized carbons (Fsp3) is 0.929. The van der Waals surface area contributed by atoms with E-state index in [0.717, 1.165) is 19.0 Å². The zero-order valence-corrected chi connectivity index (χ0v) is 17.7. The molecule has 1 aliphatic heterocycles. The van der Waals surface area contributed by atoms with Crippen molar-refractivity contribution >= 4 is 40.0 Å². The summed E-state index contributed by atoms with van der Waals surface area (Å²) in [6.45, 7) is 13.9. The van der Waals surface area contributed by atoms with Crippen LogP contribution in [0.25, 0.3) is 0 Å². The van der Waals surface area contributed by atoms with E-state index in [1.54, 1.807) is 0 Å². The summed E-state index contributed by atoms with van der Waals surface area (Å²) in [6, 6.07) is 0. The zero-order chi connectivity index (χ0) is 16.3. The van der Waals surface area contributed by atoms with E-state index in [-0.39, 0.29) is 34.9 Å². The van der Waals surface area contributed by atoms with Gasteiger partial charge in [0.2, 0.25) is 10.0 Å². The Morgan fingerprint density at radius 3 is 2.27 bits per heavy atom. The van der Waals surface area contributed by atoms with Crippen molar-refractivity contribution in [3.05, 3.63) is 0 Å². The van der Waals surface area contributed by atoms with E-state index < -0.39 is 10.0 Å². The fourth-order valence-corrected chi connectivity index (χ4v) is 2.83. The molecule has 0 atom stereocenters. The van der Waals surface area contributed by atoms with E-state index in [0.29, 0.717) is 19.5 Å². The quantitative estimate of drug-likeness (QED) is 0.282. The number of nitrogens with one attached hydrogen (secondary N) is 2. The first kappa shape index (κ1) is 21.9. The number of nitrogens with zero attached hydrogens (tertiary/aromatic N) is 2. The first-order valence-electron chi connectivity index (χ1n) is 7.52. The first-order chi connectivity index (χ1) is 9.51. The normalized spacial score (nSPS) is 20.1. The van der Waals surface area contributed by atoms with E-state index in [9.17, 15) is 8.42 Å². The summed E-state index contributed by atoms with van der Waals surface area (Å²) in [6.07, 6.45) is 1.87. The van der Waals surface area contributed by atoms with Crippen LogP contribution in [0.4, 0.5) is 0 Å². The number of guanidine groups is 1. The minimum Gasteiger partial charge on any atom is -0.356 e. The van der Waals surface area contributed by atoms with Crippen molar-refractivity contribution in [3.8, 4) is 0 Å². The number of sulfonamides is 1. The molecule has 0 bridgehead atoms. The third kappa shape index (κ3) is 5.52. The highest BCUT2D eigenvalue weighted by Crippen LogP contribution is 2.46. The van der Waals surface area contributed by atoms with Crippen molar-refractivity contribution in [1.82, 2.24) is 14.9 Å². The number of aliphatic imine (C=N–C) groups is 1. The molecule has 0 aromatic heterocycles. The molecule has 0 radical (unpaired) electrons. The minimum atomic E-state index is -3.10. The molecule has 1 fully saturated rings. The Kier molecular flexibility index (Phi) is 8.11. The van der Waals surface area contributed by atoms with Crippen LogP contribution in [0.5, 0.6) is 0 Å². The predicted octanol–water partition coefficient (Wildman–Crippen LogP) is 1.63. The van der Waals surface area contributed by atoms with Crippen LogP contribution in [0.15, 0.2) is 4.99 Å². The highest BCUT2D eigenvalue weighted by atomic mass is 127. The van der Waals surface area contributed by atoms with Crippen molar-refractivity contribution in [2.45, 2.75) is 46.6 Å². The average molecular weight is 446 g/mol. The van der Waals surface area contributed by atoms with Gasteiger partial charge in [-0.05, 0) is 27.2 Å². The summed E-state index contributed by atoms with van der Waals surface area (Å²) in [5.41, 5.74) is 0.333. The number of hydrogen-bond acceptors (Lipinski definition) is 3. The summed E-state index contributed by atoms with van der Waals surface area (Å²) >= 11 is 0. The first-order valence-corrected chi connectivity index (χ1v) is 9.41. The van der Waals surface area contributed by atoms with E-state index in [1.165, 1.54) is 6.26 Å². The van der Waals surface area contributed by atoms with Crippen molar-refractivity contribution in [1.29, 1.82) is 0 Å². The molecule has 1 rings (SSSR count). The fourth-order valence-electron chi connectivity index (χ4n) is 2.32. The van der Waals surface area contributed by atoms with Crippen LogP contribution < -0.4 is 10.0 Å². The van der Waals surface area contributed by atoms with Gasteiger partial charge in [0.25, 0.3) is 0 Å². The van der Waals surface area contributed by atoms with E-state index in [4.69, 9.17) is 0 Å². The molecule has 0 spiro atoms. The Bertz CT molecular complexity index is 489. The molecule has 2 N–H and O–H groups in total. The molecule has 1 saturated heterocycles. The molecule has 0 saturated carbocycles. The lowest BCUT2D eigenvalue weighted by molar-refractivity contribution is -0.0667. The maximum absolute atomic E-state index is 11.0. The van der Waals surface area contributed by atoms with Crippen molar-refractivity contribution < 1.29 is 8.42 Å². The summed E-state index contributed by atoms with van der Waals surface area (Å²) in [5.74, 6) is 0.918. The molecular formula is C14H31IN4O2S. The molecule has 0 aliphatic carbocycles. The van der Waals surface area contributed by atoms with Gasteiger partial charge in [0.1, 0.15) is 0 Å². The molecule has 22 heavy (non-hydrogen) atoms. The Balaban J connectivity index is 0.00000441. The van der Waals surface area contributed by atoms with Crippen LogP contribution in [-0.4, -0.2) is 57.3 Å². The van der Waals surface area contributed by atoms with Crippen molar-refractivity contribution in [3.63, 3.8) is 0 Å². The SMILES string of the molecule is CCNC(=NCCCNS(C)(=O)=O)N1CC(C)(C)C1(C)C.I. The predicted molar refractivity (Wildman–Crippen MR) is 103 cm³/mol. The Hall–Kier alpha value is -0.0900. The lowest BCUT2D eigenvalue weighted by Crippen LogP contribution is -2.72. The van der Waals surface area contributed by atoms with Gasteiger partial charge < -0.3 is 10.2 Å². The molecular weight excluding hydrogens is 415 g/mol. The monoisotopic (exact) mass is 446 g/mol. The van der Waals surface area contributed by atoms with E-state index in [2.05, 4.69) is 54.5 Å². The summed E-state index contributed by atoms with van der Waals surface area (Å²) in [5, 5.41) is 3.32. The third-order valence-electron chi connectivity index (χ3n) is 4.44. The minimum absolute atomic E-state index is 0. The zero-order valence-electron chi connectivity index (χ0n) is 14.6. The summed E-state index contributed by atoms with van der Waals surface area (Å²) in [4.78, 5) is 6.91. The number of hydrogen-bond donors (Lipinski definition) is 2. The van der Waals surface area contributed by atoms with Crippen LogP contribution in [0.3, 0.4) is 0 Å². The van der Waals surface area contributed by atoms with E-state index in [1.807, 2.05) is 0 Å². The van der Waals surface area contributed by atoms with Crippen molar-refractivity contribution in [2.75, 3.05) is 32.4 Å². The largest absolute Gasteiger partial charge is 0.356 e. The smallest absolute Gasteiger partial charge is 0.208 e. The molecule has 0 unspecified atom stereocenters. The lowest BCUT2D eigenvalue weighted by Gasteiger charge is -2.62. The third-order valence-corrected chi connectivity index (χ3v) is 5.16. The van der Waals surface area contributed by atoms with Gasteiger partial charge in [-0.25, -0.2) is 13.1 Å². The topological polar surface area (TPSA) is 73.8 Å². The second-order valence-corrected chi connectivity index (χ2v) is 8.62. The maximum atomic E-state index is 11.0. The van der Waals surface area contributed by atoms with Crippen LogP contribution in [0.2, 0.25) is 0 Å². The van der Waals surface area contributed by atoms with Gasteiger partial charge in [-0.15, -0.1) is 24.0 Å². The Morgan fingerprint density at radius 2 is 1.86 bits per heavy atom. The van der Waals surface area contributed by atoms with Crippen LogP contribution in [0.1, 0.15) is 41.0 Å². The highest BCUT2D eigenvalue weighted by Gasteiger charge is 2.53.